The summed E-state index contributed by atoms with van der Waals surface area (Å²) < 4.78 is 0.887. The summed E-state index contributed by atoms with van der Waals surface area (Å²) in [7, 11) is 0. The van der Waals surface area contributed by atoms with E-state index < -0.39 is 34.5 Å². The second-order valence-electron chi connectivity index (χ2n) is 35.3. The van der Waals surface area contributed by atoms with Crippen LogP contribution in [-0.4, -0.2) is 116 Å². The van der Waals surface area contributed by atoms with Crippen molar-refractivity contribution in [1.82, 2.24) is 24.2 Å². The van der Waals surface area contributed by atoms with Gasteiger partial charge >= 0.3 is 0 Å². The first kappa shape index (κ1) is 103. The molecule has 10 atom stereocenters. The lowest BCUT2D eigenvalue weighted by atomic mass is 9.71. The number of anilines is 1. The number of allylic oxidation sites excluding steroid dienone is 1. The minimum Gasteiger partial charge on any atom is -0.493 e. The van der Waals surface area contributed by atoms with Gasteiger partial charge in [0.15, 0.2) is 11.4 Å². The van der Waals surface area contributed by atoms with Gasteiger partial charge in [-0.25, -0.2) is 4.57 Å². The number of hydrogen-bond donors (Lipinski definition) is 2. The highest BCUT2D eigenvalue weighted by Crippen LogP contribution is 2.43. The summed E-state index contributed by atoms with van der Waals surface area (Å²) >= 11 is 0. The van der Waals surface area contributed by atoms with E-state index in [1.807, 2.05) is 26.8 Å². The van der Waals surface area contributed by atoms with Crippen LogP contribution in [0.5, 0.6) is 5.88 Å². The lowest BCUT2D eigenvalue weighted by molar-refractivity contribution is -0.113. The van der Waals surface area contributed by atoms with E-state index in [0.29, 0.717) is 52.1 Å². The molecule has 121 heavy (non-hydrogen) atoms. The largest absolute Gasteiger partial charge is 0.493 e. The fourth-order valence-corrected chi connectivity index (χ4v) is 17.8. The van der Waals surface area contributed by atoms with Crippen molar-refractivity contribution in [1.29, 1.82) is 10.5 Å². The van der Waals surface area contributed by atoms with E-state index in [4.69, 9.17) is 10.2 Å². The molecule has 5 rings (SSSR count). The number of azo groups is 2. The fraction of sp³-hybridized carbons (Fsp3) is 0.673. The van der Waals surface area contributed by atoms with E-state index in [-0.39, 0.29) is 138 Å². The van der Waals surface area contributed by atoms with Crippen LogP contribution in [0, 0.1) is 82.8 Å². The maximum absolute atomic E-state index is 16.1. The summed E-state index contributed by atoms with van der Waals surface area (Å²) in [6, 6.07) is 19.9. The van der Waals surface area contributed by atoms with Crippen LogP contribution < -0.4 is 10.9 Å². The number of hydrogen-bond acceptors (Lipinski definition) is 14. The molecule has 3 aromatic carbocycles. The fourth-order valence-electron chi connectivity index (χ4n) is 17.8. The van der Waals surface area contributed by atoms with Crippen molar-refractivity contribution in [3.63, 3.8) is 0 Å². The zero-order valence-corrected chi connectivity index (χ0v) is 78.1. The predicted octanol–water partition coefficient (Wildman–Crippen LogP) is 26.1. The van der Waals surface area contributed by atoms with Gasteiger partial charge in [-0.1, -0.05) is 264 Å². The van der Waals surface area contributed by atoms with Crippen LogP contribution in [0.1, 0.15) is 382 Å². The van der Waals surface area contributed by atoms with Crippen molar-refractivity contribution in [3.8, 4) is 23.7 Å². The smallest absolute Gasteiger partial charge is 0.276 e. The third-order valence-corrected chi connectivity index (χ3v) is 26.4. The second-order valence-corrected chi connectivity index (χ2v) is 35.3. The van der Waals surface area contributed by atoms with Gasteiger partial charge in [0.05, 0.1) is 23.1 Å². The maximum Gasteiger partial charge on any atom is 0.276 e. The third kappa shape index (κ3) is 30.4. The van der Waals surface area contributed by atoms with E-state index in [1.54, 1.807) is 36.4 Å². The van der Waals surface area contributed by atoms with Crippen LogP contribution >= 0.6 is 0 Å². The van der Waals surface area contributed by atoms with E-state index in [2.05, 4.69) is 131 Å². The summed E-state index contributed by atoms with van der Waals surface area (Å²) in [5.41, 5.74) is -1.17. The molecule has 1 fully saturated rings. The van der Waals surface area contributed by atoms with Crippen LogP contribution in [-0.2, 0) is 9.59 Å². The van der Waals surface area contributed by atoms with E-state index in [1.165, 1.54) is 38.1 Å². The minimum atomic E-state index is -1.47. The molecular formula is C101H156N12O8. The summed E-state index contributed by atoms with van der Waals surface area (Å²) in [6.07, 6.45) is 32.5. The lowest BCUT2D eigenvalue weighted by Gasteiger charge is -2.50. The number of nitrogens with zero attached hydrogens (tertiary/aromatic N) is 11. The molecule has 1 aliphatic carbocycles. The number of carbonyl (C=O) groups excluding carboxylic acids is 6. The molecule has 5 amide bonds. The highest BCUT2D eigenvalue weighted by atomic mass is 16.3. The first-order valence-electron chi connectivity index (χ1n) is 47.5. The summed E-state index contributed by atoms with van der Waals surface area (Å²) in [5.74, 6) is -2.07. The Morgan fingerprint density at radius 3 is 1.27 bits per heavy atom. The van der Waals surface area contributed by atoms with Crippen molar-refractivity contribution < 1.29 is 33.9 Å². The summed E-state index contributed by atoms with van der Waals surface area (Å²) in [4.78, 5) is 114. The number of pyridine rings is 1. The average molecular weight is 1670 g/mol. The van der Waals surface area contributed by atoms with Crippen molar-refractivity contribution >= 4 is 58.6 Å². The number of amides is 5. The number of nitriles is 2. The molecule has 0 bridgehead atoms. The average Bonchev–Trinajstić information content (AvgIpc) is 0.763. The van der Waals surface area contributed by atoms with Crippen LogP contribution in [0.25, 0.3) is 5.69 Å². The van der Waals surface area contributed by atoms with Gasteiger partial charge in [-0.3, -0.25) is 28.8 Å². The van der Waals surface area contributed by atoms with Crippen molar-refractivity contribution in [3.05, 3.63) is 116 Å². The van der Waals surface area contributed by atoms with Gasteiger partial charge in [0, 0.05) is 84.9 Å². The first-order chi connectivity index (χ1) is 58.3. The Hall–Kier alpha value is -8.65. The SMILES string of the molecule is CCCCC(CC)CN(CC(CC)CCCC)C(=O)c1cc(N=Nc2c(C)c(C#N)c(=O)n(-c3cccc(NC(=O)/C(N=Nc4cc(C(=O)N(CC(CC)CCCC)CC(CC)CCCC)cc(C(=O)N(CC(CC)CCCC)C5(C)CCCCC5CC)c4)=C(/C)C(C#N)C=O)c3)c2O)cc(C(=O)N(CC(CC)CCCC)CC(CC)CCCC)c1. The molecule has 0 aliphatic heterocycles. The lowest BCUT2D eigenvalue weighted by Crippen LogP contribution is -2.57. The molecule has 2 N–H and O–H groups in total. The van der Waals surface area contributed by atoms with Crippen LogP contribution in [0.2, 0.25) is 0 Å². The van der Waals surface area contributed by atoms with Crippen molar-refractivity contribution in [2.75, 3.05) is 51.1 Å². The number of aromatic nitrogens is 1. The van der Waals surface area contributed by atoms with E-state index >= 15 is 24.0 Å². The number of carbonyl (C=O) groups is 6. The minimum absolute atomic E-state index is 0.0104. The number of aldehydes is 1. The highest BCUT2D eigenvalue weighted by Gasteiger charge is 2.44. The van der Waals surface area contributed by atoms with Gasteiger partial charge in [-0.15, -0.1) is 10.2 Å². The molecule has 0 radical (unpaired) electrons. The number of unbranched alkanes of at least 4 members (excludes halogenated alkanes) is 7. The molecule has 10 unspecified atom stereocenters. The molecule has 668 valence electrons. The molecule has 1 aliphatic rings. The summed E-state index contributed by atoms with van der Waals surface area (Å²) in [6.45, 7) is 41.6. The van der Waals surface area contributed by atoms with Crippen molar-refractivity contribution in [2.24, 2.45) is 73.7 Å². The Bertz CT molecular complexity index is 4020. The Kier molecular flexibility index (Phi) is 46.6. The first-order valence-corrected chi connectivity index (χ1v) is 47.5. The molecule has 1 saturated carbocycles. The Labute approximate surface area is 729 Å². The monoisotopic (exact) mass is 1670 g/mol. The molecule has 1 aromatic heterocycles. The quantitative estimate of drug-likeness (QED) is 0.0240. The van der Waals surface area contributed by atoms with Gasteiger partial charge < -0.3 is 34.8 Å². The Morgan fingerprint density at radius 2 is 0.917 bits per heavy atom. The van der Waals surface area contributed by atoms with Gasteiger partial charge in [-0.05, 0) is 186 Å². The summed E-state index contributed by atoms with van der Waals surface area (Å²) in [5, 5.41) is 55.4. The van der Waals surface area contributed by atoms with Crippen LogP contribution in [0.4, 0.5) is 22.7 Å². The number of aromatic hydroxyl groups is 1. The zero-order chi connectivity index (χ0) is 89.1. The molecule has 20 nitrogen and oxygen atoms in total. The number of benzene rings is 3. The Balaban J connectivity index is 1.77. The topological polar surface area (TPSA) is 267 Å². The maximum atomic E-state index is 16.1. The van der Waals surface area contributed by atoms with E-state index in [0.717, 1.165) is 216 Å². The third-order valence-electron chi connectivity index (χ3n) is 26.4. The molecule has 20 heteroatoms. The van der Waals surface area contributed by atoms with Gasteiger partial charge in [0.1, 0.15) is 23.8 Å². The Morgan fingerprint density at radius 1 is 0.537 bits per heavy atom. The predicted molar refractivity (Wildman–Crippen MR) is 494 cm³/mol. The van der Waals surface area contributed by atoms with Crippen LogP contribution in [0.15, 0.2) is 97.2 Å². The van der Waals surface area contributed by atoms with Gasteiger partial charge in [-0.2, -0.15) is 20.8 Å². The molecule has 0 saturated heterocycles. The molecule has 4 aromatic rings. The van der Waals surface area contributed by atoms with Gasteiger partial charge in [0.25, 0.3) is 35.1 Å². The highest BCUT2D eigenvalue weighted by molar-refractivity contribution is 6.05. The van der Waals surface area contributed by atoms with Gasteiger partial charge in [0.2, 0.25) is 5.88 Å². The molecule has 0 spiro atoms. The number of rotatable bonds is 57. The van der Waals surface area contributed by atoms with Crippen molar-refractivity contribution in [2.45, 2.75) is 342 Å². The number of nitrogens with one attached hydrogen (secondary N) is 1. The molecule has 1 heterocycles. The second kappa shape index (κ2) is 54.8. The van der Waals surface area contributed by atoms with Crippen LogP contribution in [0.3, 0.4) is 0 Å². The standard InChI is InChI=1S/C101H156N12O8/c1-19-34-44-74(26-8)64-109(65-75(27-9)45-35-20-2)95(116)81-55-82(96(117)110(66-76(28-10)46-36-21-3)67-77(29-11)47-37-22-4)58-88(57-81)106-108-93-73(17)91(63-103)99(120)113(100(93)121)90-53-43-52-87(61-90)104-94(115)92(72(16)85(62-102)71-114)107-105-89-59-83(97(118)111(68-78(30-12)48-38-23-5)69-79(31-13)49-39-24-6)56-84(60-89)98(119)112(70-80(32-14)50-40-25-7)101(18)54-42-41-51-86(101)33-15/h43,52-53,55-61,71,74-80,85-86,121H,19-42,44-51,54,64-70H2,1-18H3,(H,104,115)/b92-72+,107-105?,108-106?. The normalized spacial score (nSPS) is 16.4. The zero-order valence-electron chi connectivity index (χ0n) is 78.1. The van der Waals surface area contributed by atoms with E-state index in [9.17, 15) is 25.2 Å². The molecular weight excluding hydrogens is 1510 g/mol.